The largest absolute Gasteiger partial charge is 0.492 e. The van der Waals surface area contributed by atoms with Crippen LogP contribution in [0.4, 0.5) is 5.69 Å². The van der Waals surface area contributed by atoms with Crippen molar-refractivity contribution >= 4 is 5.69 Å². The Hall–Kier alpha value is -2.11. The second kappa shape index (κ2) is 5.48. The molecule has 2 rings (SSSR count). The zero-order valence-electron chi connectivity index (χ0n) is 10.6. The predicted octanol–water partition coefficient (Wildman–Crippen LogP) is 1.46. The molecule has 2 aromatic rings. The van der Waals surface area contributed by atoms with Crippen molar-refractivity contribution in [3.8, 4) is 5.75 Å². The monoisotopic (exact) mass is 247 g/mol. The molecular formula is C12H17N5O. The van der Waals surface area contributed by atoms with Gasteiger partial charge in [0, 0.05) is 11.6 Å². The van der Waals surface area contributed by atoms with Gasteiger partial charge in [0.25, 0.3) is 0 Å². The molecule has 0 atom stereocenters. The van der Waals surface area contributed by atoms with Crippen LogP contribution in [0.2, 0.25) is 0 Å². The summed E-state index contributed by atoms with van der Waals surface area (Å²) >= 11 is 0. The molecule has 6 heteroatoms. The van der Waals surface area contributed by atoms with Gasteiger partial charge in [0.15, 0.2) is 5.82 Å². The predicted molar refractivity (Wildman–Crippen MR) is 68.3 cm³/mol. The first-order chi connectivity index (χ1) is 8.66. The molecule has 0 bridgehead atoms. The first-order valence-corrected chi connectivity index (χ1v) is 5.91. The Morgan fingerprint density at radius 2 is 2.00 bits per heavy atom. The van der Waals surface area contributed by atoms with E-state index in [9.17, 15) is 0 Å². The molecule has 0 aliphatic heterocycles. The molecule has 1 heterocycles. The lowest BCUT2D eigenvalue weighted by Crippen LogP contribution is -2.13. The number of anilines is 1. The highest BCUT2D eigenvalue weighted by atomic mass is 16.5. The summed E-state index contributed by atoms with van der Waals surface area (Å²) in [4.78, 5) is 0. The molecule has 1 aromatic carbocycles. The van der Waals surface area contributed by atoms with E-state index in [1.807, 2.05) is 24.3 Å². The number of hydrogen-bond acceptors (Lipinski definition) is 5. The normalized spacial score (nSPS) is 10.8. The van der Waals surface area contributed by atoms with Crippen LogP contribution in [-0.4, -0.2) is 26.8 Å². The Kier molecular flexibility index (Phi) is 3.76. The van der Waals surface area contributed by atoms with Gasteiger partial charge in [-0.05, 0) is 34.7 Å². The van der Waals surface area contributed by atoms with E-state index in [0.717, 1.165) is 17.3 Å². The maximum Gasteiger partial charge on any atom is 0.153 e. The smallest absolute Gasteiger partial charge is 0.153 e. The SMILES string of the molecule is CC(C)c1nnnn1CCOc1ccc(N)cc1. The van der Waals surface area contributed by atoms with Gasteiger partial charge in [0.05, 0.1) is 6.54 Å². The second-order valence-corrected chi connectivity index (χ2v) is 4.33. The first kappa shape index (κ1) is 12.3. The third kappa shape index (κ3) is 2.97. The van der Waals surface area contributed by atoms with Crippen LogP contribution in [0.1, 0.15) is 25.6 Å². The highest BCUT2D eigenvalue weighted by Crippen LogP contribution is 2.13. The Labute approximate surface area is 106 Å². The lowest BCUT2D eigenvalue weighted by atomic mass is 10.2. The summed E-state index contributed by atoms with van der Waals surface area (Å²) in [5.74, 6) is 1.97. The fourth-order valence-corrected chi connectivity index (χ4v) is 1.60. The molecule has 0 amide bonds. The summed E-state index contributed by atoms with van der Waals surface area (Å²) in [6.07, 6.45) is 0. The van der Waals surface area contributed by atoms with Crippen LogP contribution >= 0.6 is 0 Å². The van der Waals surface area contributed by atoms with Gasteiger partial charge < -0.3 is 10.5 Å². The average molecular weight is 247 g/mol. The van der Waals surface area contributed by atoms with E-state index in [1.165, 1.54) is 0 Å². The van der Waals surface area contributed by atoms with Crippen molar-refractivity contribution in [3.63, 3.8) is 0 Å². The van der Waals surface area contributed by atoms with E-state index in [2.05, 4.69) is 29.4 Å². The Bertz CT molecular complexity index is 491. The zero-order chi connectivity index (χ0) is 13.0. The van der Waals surface area contributed by atoms with Crippen molar-refractivity contribution in [1.82, 2.24) is 20.2 Å². The van der Waals surface area contributed by atoms with Crippen LogP contribution in [0.3, 0.4) is 0 Å². The number of nitrogen functional groups attached to an aromatic ring is 1. The second-order valence-electron chi connectivity index (χ2n) is 4.33. The van der Waals surface area contributed by atoms with E-state index >= 15 is 0 Å². The highest BCUT2D eigenvalue weighted by Gasteiger charge is 2.09. The zero-order valence-corrected chi connectivity index (χ0v) is 10.6. The maximum absolute atomic E-state index is 5.60. The minimum atomic E-state index is 0.302. The summed E-state index contributed by atoms with van der Waals surface area (Å²) in [6, 6.07) is 7.31. The molecule has 0 saturated carbocycles. The van der Waals surface area contributed by atoms with Crippen molar-refractivity contribution in [2.75, 3.05) is 12.3 Å². The molecule has 2 N–H and O–H groups in total. The standard InChI is InChI=1S/C12H17N5O/c1-9(2)12-14-15-16-17(12)7-8-18-11-5-3-10(13)4-6-11/h3-6,9H,7-8,13H2,1-2H3. The fraction of sp³-hybridized carbons (Fsp3) is 0.417. The van der Waals surface area contributed by atoms with E-state index in [-0.39, 0.29) is 0 Å². The fourth-order valence-electron chi connectivity index (χ4n) is 1.60. The quantitative estimate of drug-likeness (QED) is 0.809. The minimum Gasteiger partial charge on any atom is -0.492 e. The van der Waals surface area contributed by atoms with Crippen LogP contribution in [-0.2, 0) is 6.54 Å². The molecule has 0 radical (unpaired) electrons. The highest BCUT2D eigenvalue weighted by molar-refractivity contribution is 5.41. The lowest BCUT2D eigenvalue weighted by molar-refractivity contribution is 0.286. The number of hydrogen-bond donors (Lipinski definition) is 1. The Morgan fingerprint density at radius 1 is 1.28 bits per heavy atom. The number of benzene rings is 1. The molecule has 0 fully saturated rings. The summed E-state index contributed by atoms with van der Waals surface area (Å²) < 4.78 is 7.36. The number of nitrogens with two attached hydrogens (primary N) is 1. The lowest BCUT2D eigenvalue weighted by Gasteiger charge is -2.08. The molecule has 0 spiro atoms. The number of rotatable bonds is 5. The van der Waals surface area contributed by atoms with Gasteiger partial charge in [-0.3, -0.25) is 0 Å². The topological polar surface area (TPSA) is 78.8 Å². The first-order valence-electron chi connectivity index (χ1n) is 5.91. The van der Waals surface area contributed by atoms with Crippen molar-refractivity contribution in [2.24, 2.45) is 0 Å². The molecule has 0 saturated heterocycles. The Morgan fingerprint density at radius 3 is 2.67 bits per heavy atom. The van der Waals surface area contributed by atoms with Crippen LogP contribution in [0.5, 0.6) is 5.75 Å². The van der Waals surface area contributed by atoms with Crippen LogP contribution < -0.4 is 10.5 Å². The number of aromatic nitrogens is 4. The minimum absolute atomic E-state index is 0.302. The molecule has 96 valence electrons. The van der Waals surface area contributed by atoms with Gasteiger partial charge in [-0.15, -0.1) is 5.10 Å². The van der Waals surface area contributed by atoms with Crippen LogP contribution in [0.15, 0.2) is 24.3 Å². The molecule has 1 aromatic heterocycles. The van der Waals surface area contributed by atoms with E-state index in [1.54, 1.807) is 4.68 Å². The third-order valence-corrected chi connectivity index (χ3v) is 2.53. The molecule has 0 aliphatic carbocycles. The van der Waals surface area contributed by atoms with Crippen molar-refractivity contribution in [2.45, 2.75) is 26.3 Å². The average Bonchev–Trinajstić information content (AvgIpc) is 2.80. The van der Waals surface area contributed by atoms with E-state index < -0.39 is 0 Å². The summed E-state index contributed by atoms with van der Waals surface area (Å²) in [6.45, 7) is 5.27. The van der Waals surface area contributed by atoms with Gasteiger partial charge in [0.2, 0.25) is 0 Å². The van der Waals surface area contributed by atoms with Gasteiger partial charge >= 0.3 is 0 Å². The molecule has 0 unspecified atom stereocenters. The van der Waals surface area contributed by atoms with Crippen LogP contribution in [0.25, 0.3) is 0 Å². The summed E-state index contributed by atoms with van der Waals surface area (Å²) in [5, 5.41) is 11.6. The number of ether oxygens (including phenoxy) is 1. The number of nitrogens with zero attached hydrogens (tertiary/aromatic N) is 4. The van der Waals surface area contributed by atoms with Crippen molar-refractivity contribution < 1.29 is 4.74 Å². The van der Waals surface area contributed by atoms with E-state index in [4.69, 9.17) is 10.5 Å². The summed E-state index contributed by atoms with van der Waals surface area (Å²) in [5.41, 5.74) is 6.33. The molecule has 6 nitrogen and oxygen atoms in total. The summed E-state index contributed by atoms with van der Waals surface area (Å²) in [7, 11) is 0. The number of tetrazole rings is 1. The van der Waals surface area contributed by atoms with E-state index in [0.29, 0.717) is 19.1 Å². The maximum atomic E-state index is 5.60. The molecule has 18 heavy (non-hydrogen) atoms. The van der Waals surface area contributed by atoms with Crippen LogP contribution in [0, 0.1) is 0 Å². The van der Waals surface area contributed by atoms with Gasteiger partial charge in [-0.25, -0.2) is 4.68 Å². The van der Waals surface area contributed by atoms with Crippen molar-refractivity contribution in [3.05, 3.63) is 30.1 Å². The third-order valence-electron chi connectivity index (χ3n) is 2.53. The van der Waals surface area contributed by atoms with Gasteiger partial charge in [0.1, 0.15) is 12.4 Å². The Balaban J connectivity index is 1.88. The van der Waals surface area contributed by atoms with Gasteiger partial charge in [-0.1, -0.05) is 13.8 Å². The van der Waals surface area contributed by atoms with Crippen molar-refractivity contribution in [1.29, 1.82) is 0 Å². The van der Waals surface area contributed by atoms with Gasteiger partial charge in [-0.2, -0.15) is 0 Å². The molecule has 0 aliphatic rings. The molecular weight excluding hydrogens is 230 g/mol.